The lowest BCUT2D eigenvalue weighted by Crippen LogP contribution is -2.27. The third-order valence-electron chi connectivity index (χ3n) is 4.51. The molecule has 0 unspecified atom stereocenters. The van der Waals surface area contributed by atoms with Crippen LogP contribution in [0.25, 0.3) is 17.4 Å². The minimum Gasteiger partial charge on any atom is -0.457 e. The highest BCUT2D eigenvalue weighted by Crippen LogP contribution is 2.36. The van der Waals surface area contributed by atoms with Gasteiger partial charge in [-0.2, -0.15) is 0 Å². The number of amides is 2. The molecule has 3 aromatic rings. The van der Waals surface area contributed by atoms with E-state index in [1.807, 2.05) is 0 Å². The summed E-state index contributed by atoms with van der Waals surface area (Å²) in [4.78, 5) is 36.7. The van der Waals surface area contributed by atoms with Crippen molar-refractivity contribution in [2.45, 2.75) is 6.54 Å². The molecule has 2 heterocycles. The highest BCUT2D eigenvalue weighted by atomic mass is 35.5. The Balaban J connectivity index is 1.54. The first-order chi connectivity index (χ1) is 14.8. The van der Waals surface area contributed by atoms with Gasteiger partial charge in [0.2, 0.25) is 0 Å². The van der Waals surface area contributed by atoms with Crippen LogP contribution in [0.3, 0.4) is 0 Å². The normalized spacial score (nSPS) is 15.2. The third-order valence-corrected chi connectivity index (χ3v) is 6.13. The lowest BCUT2D eigenvalue weighted by atomic mass is 10.1. The van der Waals surface area contributed by atoms with E-state index < -0.39 is 16.1 Å². The average Bonchev–Trinajstić information content (AvgIpc) is 3.30. The Morgan fingerprint density at radius 1 is 1.03 bits per heavy atom. The lowest BCUT2D eigenvalue weighted by molar-refractivity contribution is -0.384. The molecule has 7 nitrogen and oxygen atoms in total. The van der Waals surface area contributed by atoms with E-state index in [-0.39, 0.29) is 17.1 Å². The minimum atomic E-state index is -0.483. The van der Waals surface area contributed by atoms with Crippen LogP contribution in [0, 0.1) is 10.1 Å². The van der Waals surface area contributed by atoms with Crippen molar-refractivity contribution in [3.63, 3.8) is 0 Å². The number of nitro groups is 1. The molecule has 0 radical (unpaired) electrons. The average molecular weight is 475 g/mol. The molecule has 4 rings (SSSR count). The van der Waals surface area contributed by atoms with Crippen molar-refractivity contribution in [3.05, 3.63) is 91.0 Å². The maximum atomic E-state index is 12.7. The van der Waals surface area contributed by atoms with E-state index in [0.717, 1.165) is 16.7 Å². The number of nitrogens with zero attached hydrogens (tertiary/aromatic N) is 2. The maximum absolute atomic E-state index is 12.7. The Hall–Kier alpha value is -3.07. The van der Waals surface area contributed by atoms with Crippen molar-refractivity contribution >= 4 is 57.9 Å². The third kappa shape index (κ3) is 4.36. The molecule has 2 aromatic carbocycles. The van der Waals surface area contributed by atoms with Crippen molar-refractivity contribution in [1.29, 1.82) is 0 Å². The second-order valence-corrected chi connectivity index (χ2v) is 8.28. The fraction of sp³-hybridized carbons (Fsp3) is 0.0476. The summed E-state index contributed by atoms with van der Waals surface area (Å²) in [5.41, 5.74) is 1.11. The van der Waals surface area contributed by atoms with Crippen molar-refractivity contribution in [3.8, 4) is 11.3 Å². The predicted molar refractivity (Wildman–Crippen MR) is 119 cm³/mol. The molecule has 1 aliphatic heterocycles. The molecule has 1 fully saturated rings. The van der Waals surface area contributed by atoms with Gasteiger partial charge in [0.1, 0.15) is 11.5 Å². The second-order valence-electron chi connectivity index (χ2n) is 6.47. The van der Waals surface area contributed by atoms with E-state index >= 15 is 0 Å². The quantitative estimate of drug-likeness (QED) is 0.241. The van der Waals surface area contributed by atoms with Crippen molar-refractivity contribution in [2.24, 2.45) is 0 Å². The van der Waals surface area contributed by atoms with E-state index in [0.29, 0.717) is 32.7 Å². The molecule has 0 N–H and O–H groups in total. The molecule has 31 heavy (non-hydrogen) atoms. The van der Waals surface area contributed by atoms with E-state index in [2.05, 4.69) is 0 Å². The Morgan fingerprint density at radius 2 is 1.71 bits per heavy atom. The van der Waals surface area contributed by atoms with Gasteiger partial charge in [0.15, 0.2) is 0 Å². The van der Waals surface area contributed by atoms with Gasteiger partial charge in [0.25, 0.3) is 16.8 Å². The van der Waals surface area contributed by atoms with Crippen LogP contribution in [0.15, 0.2) is 63.9 Å². The number of imide groups is 1. The topological polar surface area (TPSA) is 93.7 Å². The fourth-order valence-electron chi connectivity index (χ4n) is 2.94. The number of thioether (sulfide) groups is 1. The van der Waals surface area contributed by atoms with Gasteiger partial charge in [0, 0.05) is 39.4 Å². The number of benzene rings is 2. The molecule has 0 bridgehead atoms. The molecule has 156 valence electrons. The van der Waals surface area contributed by atoms with Crippen molar-refractivity contribution < 1.29 is 18.9 Å². The van der Waals surface area contributed by atoms with Gasteiger partial charge in [0.05, 0.1) is 16.4 Å². The molecule has 0 atom stereocenters. The number of non-ortho nitro benzene ring substituents is 1. The number of furan rings is 1. The summed E-state index contributed by atoms with van der Waals surface area (Å²) in [5, 5.41) is 11.1. The SMILES string of the molecule is O=C1S/C(=C\c2ccc(-c3ccc([N+](=O)[O-])cc3)o2)C(=O)N1Cc1c(Cl)cccc1Cl. The maximum Gasteiger partial charge on any atom is 0.293 e. The molecular formula is C21H12Cl2N2O5S. The number of rotatable bonds is 5. The summed E-state index contributed by atoms with van der Waals surface area (Å²) in [5.74, 6) is 0.372. The largest absolute Gasteiger partial charge is 0.457 e. The highest BCUT2D eigenvalue weighted by molar-refractivity contribution is 8.18. The highest BCUT2D eigenvalue weighted by Gasteiger charge is 2.36. The van der Waals surface area contributed by atoms with Gasteiger partial charge in [-0.25, -0.2) is 0 Å². The van der Waals surface area contributed by atoms with Gasteiger partial charge < -0.3 is 4.42 Å². The number of hydrogen-bond acceptors (Lipinski definition) is 6. The lowest BCUT2D eigenvalue weighted by Gasteiger charge is -2.14. The van der Waals surface area contributed by atoms with E-state index in [9.17, 15) is 19.7 Å². The van der Waals surface area contributed by atoms with Crippen LogP contribution in [0.1, 0.15) is 11.3 Å². The molecule has 1 aromatic heterocycles. The van der Waals surface area contributed by atoms with Crippen molar-refractivity contribution in [2.75, 3.05) is 0 Å². The van der Waals surface area contributed by atoms with E-state index in [1.54, 1.807) is 42.5 Å². The Bertz CT molecular complexity index is 1220. The first-order valence-corrected chi connectivity index (χ1v) is 10.4. The minimum absolute atomic E-state index is 0.0252. The van der Waals surface area contributed by atoms with Gasteiger partial charge >= 0.3 is 0 Å². The number of carbonyl (C=O) groups is 2. The zero-order valence-corrected chi connectivity index (χ0v) is 17.9. The molecule has 0 aliphatic carbocycles. The number of halogens is 2. The standard InChI is InChI=1S/C21H12Cl2N2O5S/c22-16-2-1-3-17(23)15(16)11-24-20(26)19(31-21(24)27)10-14-8-9-18(30-14)12-4-6-13(7-5-12)25(28)29/h1-10H,11H2/b19-10-. The van der Waals surface area contributed by atoms with Gasteiger partial charge in [-0.15, -0.1) is 0 Å². The van der Waals surface area contributed by atoms with Crippen molar-refractivity contribution in [1.82, 2.24) is 4.90 Å². The predicted octanol–water partition coefficient (Wildman–Crippen LogP) is 6.40. The first-order valence-electron chi connectivity index (χ1n) is 8.86. The monoisotopic (exact) mass is 474 g/mol. The number of hydrogen-bond donors (Lipinski definition) is 0. The smallest absolute Gasteiger partial charge is 0.293 e. The van der Waals surface area contributed by atoms with Crippen LogP contribution in [0.5, 0.6) is 0 Å². The molecule has 1 saturated heterocycles. The van der Waals surface area contributed by atoms with Gasteiger partial charge in [-0.1, -0.05) is 29.3 Å². The molecule has 1 aliphatic rings. The summed E-state index contributed by atoms with van der Waals surface area (Å²) in [6, 6.07) is 14.2. The van der Waals surface area contributed by atoms with Crippen LogP contribution in [-0.2, 0) is 11.3 Å². The summed E-state index contributed by atoms with van der Waals surface area (Å²) in [6.45, 7) is -0.0350. The van der Waals surface area contributed by atoms with Crippen LogP contribution >= 0.6 is 35.0 Å². The van der Waals surface area contributed by atoms with E-state index in [4.69, 9.17) is 27.6 Å². The van der Waals surface area contributed by atoms with Crippen LogP contribution < -0.4 is 0 Å². The molecule has 0 saturated carbocycles. The van der Waals surface area contributed by atoms with E-state index in [1.165, 1.54) is 18.2 Å². The Morgan fingerprint density at radius 3 is 2.35 bits per heavy atom. The summed E-state index contributed by atoms with van der Waals surface area (Å²) < 4.78 is 5.72. The first kappa shape index (κ1) is 21.2. The fourth-order valence-corrected chi connectivity index (χ4v) is 4.28. The zero-order chi connectivity index (χ0) is 22.1. The number of carbonyl (C=O) groups excluding carboxylic acids is 2. The van der Waals surface area contributed by atoms with Crippen LogP contribution in [-0.4, -0.2) is 21.0 Å². The summed E-state index contributed by atoms with van der Waals surface area (Å²) >= 11 is 13.1. The number of nitro benzene ring substituents is 1. The van der Waals surface area contributed by atoms with Gasteiger partial charge in [-0.05, 0) is 48.2 Å². The molecule has 10 heteroatoms. The molecule has 2 amide bonds. The summed E-state index contributed by atoms with van der Waals surface area (Å²) in [6.07, 6.45) is 1.48. The molecule has 0 spiro atoms. The summed E-state index contributed by atoms with van der Waals surface area (Å²) in [7, 11) is 0. The van der Waals surface area contributed by atoms with Crippen LogP contribution in [0.2, 0.25) is 10.0 Å². The Labute approximate surface area is 190 Å². The molecular weight excluding hydrogens is 463 g/mol. The van der Waals surface area contributed by atoms with Gasteiger partial charge in [-0.3, -0.25) is 24.6 Å². The zero-order valence-electron chi connectivity index (χ0n) is 15.6. The Kier molecular flexibility index (Phi) is 5.86. The second kappa shape index (κ2) is 8.58. The van der Waals surface area contributed by atoms with Crippen LogP contribution in [0.4, 0.5) is 10.5 Å².